The van der Waals surface area contributed by atoms with Crippen LogP contribution < -0.4 is 5.32 Å². The van der Waals surface area contributed by atoms with E-state index in [1.165, 1.54) is 18.0 Å². The van der Waals surface area contributed by atoms with Gasteiger partial charge in [-0.3, -0.25) is 14.5 Å². The first-order chi connectivity index (χ1) is 11.0. The molecule has 1 aromatic rings. The van der Waals surface area contributed by atoms with Crippen LogP contribution in [0.25, 0.3) is 0 Å². The number of carbonyl (C=O) groups is 3. The third-order valence-electron chi connectivity index (χ3n) is 3.67. The van der Waals surface area contributed by atoms with E-state index in [1.54, 1.807) is 12.1 Å². The van der Waals surface area contributed by atoms with Crippen molar-refractivity contribution in [3.8, 4) is 0 Å². The minimum atomic E-state index is -1.26. The lowest BCUT2D eigenvalue weighted by Crippen LogP contribution is -2.70. The van der Waals surface area contributed by atoms with E-state index in [9.17, 15) is 24.6 Å². The normalized spacial score (nSPS) is 23.3. The SMILES string of the molecule is O=C(Cc1ccco1)NC1C(=O)N2C(C(=O)O)=C(CO)CS[C@@H]12. The number of furan rings is 1. The standard InChI is InChI=1S/C14H14N2O6S/c17-5-7-6-23-13-10(12(19)16(13)11(7)14(20)21)15-9(18)4-8-2-1-3-22-8/h1-3,10,13,17H,4-6H2,(H,15,18)(H,20,21)/t10?,13-/m0/s1. The van der Waals surface area contributed by atoms with Gasteiger partial charge < -0.3 is 19.9 Å². The van der Waals surface area contributed by atoms with Crippen LogP contribution in [-0.2, 0) is 20.8 Å². The minimum absolute atomic E-state index is 0.0116. The maximum Gasteiger partial charge on any atom is 0.352 e. The molecule has 0 spiro atoms. The van der Waals surface area contributed by atoms with Crippen LogP contribution in [0.5, 0.6) is 0 Å². The number of thioether (sulfide) groups is 1. The van der Waals surface area contributed by atoms with Gasteiger partial charge in [-0.15, -0.1) is 11.8 Å². The van der Waals surface area contributed by atoms with Gasteiger partial charge in [0.25, 0.3) is 5.91 Å². The summed E-state index contributed by atoms with van der Waals surface area (Å²) in [5.41, 5.74) is 0.116. The van der Waals surface area contributed by atoms with Crippen molar-refractivity contribution in [1.29, 1.82) is 0 Å². The molecule has 1 unspecified atom stereocenters. The van der Waals surface area contributed by atoms with E-state index in [1.807, 2.05) is 0 Å². The highest BCUT2D eigenvalue weighted by molar-refractivity contribution is 8.00. The summed E-state index contributed by atoms with van der Waals surface area (Å²) < 4.78 is 5.07. The lowest BCUT2D eigenvalue weighted by Gasteiger charge is -2.49. The number of aliphatic carboxylic acids is 1. The molecular weight excluding hydrogens is 324 g/mol. The highest BCUT2D eigenvalue weighted by Crippen LogP contribution is 2.40. The van der Waals surface area contributed by atoms with E-state index in [0.717, 1.165) is 4.90 Å². The van der Waals surface area contributed by atoms with Gasteiger partial charge in [-0.25, -0.2) is 4.79 Å². The van der Waals surface area contributed by atoms with Crippen molar-refractivity contribution in [2.75, 3.05) is 12.4 Å². The van der Waals surface area contributed by atoms with E-state index in [2.05, 4.69) is 5.32 Å². The molecule has 0 bridgehead atoms. The number of nitrogens with zero attached hydrogens (tertiary/aromatic N) is 1. The summed E-state index contributed by atoms with van der Waals surface area (Å²) in [6, 6.07) is 2.55. The zero-order chi connectivity index (χ0) is 16.6. The molecule has 0 radical (unpaired) electrons. The third kappa shape index (κ3) is 2.73. The average molecular weight is 338 g/mol. The van der Waals surface area contributed by atoms with E-state index in [0.29, 0.717) is 17.1 Å². The summed E-state index contributed by atoms with van der Waals surface area (Å²) in [6.07, 6.45) is 1.47. The summed E-state index contributed by atoms with van der Waals surface area (Å²) in [6.45, 7) is -0.416. The molecule has 1 saturated heterocycles. The fraction of sp³-hybridized carbons (Fsp3) is 0.357. The third-order valence-corrected chi connectivity index (χ3v) is 5.01. The minimum Gasteiger partial charge on any atom is -0.477 e. The molecule has 9 heteroatoms. The quantitative estimate of drug-likeness (QED) is 0.622. The summed E-state index contributed by atoms with van der Waals surface area (Å²) in [5.74, 6) is -1.33. The van der Waals surface area contributed by atoms with Gasteiger partial charge >= 0.3 is 5.97 Å². The Kier molecular flexibility index (Phi) is 4.14. The van der Waals surface area contributed by atoms with Crippen LogP contribution >= 0.6 is 11.8 Å². The first-order valence-corrected chi connectivity index (χ1v) is 7.90. The predicted molar refractivity (Wildman–Crippen MR) is 79.2 cm³/mol. The van der Waals surface area contributed by atoms with Crippen LogP contribution in [0, 0.1) is 0 Å². The molecule has 2 aliphatic heterocycles. The lowest BCUT2D eigenvalue weighted by molar-refractivity contribution is -0.150. The second kappa shape index (κ2) is 6.09. The molecule has 3 N–H and O–H groups in total. The summed E-state index contributed by atoms with van der Waals surface area (Å²) in [4.78, 5) is 36.6. The largest absolute Gasteiger partial charge is 0.477 e. The average Bonchev–Trinajstić information content (AvgIpc) is 3.03. The molecular formula is C14H14N2O6S. The van der Waals surface area contributed by atoms with Crippen LogP contribution in [0.2, 0.25) is 0 Å². The number of amides is 2. The van der Waals surface area contributed by atoms with Gasteiger partial charge in [-0.1, -0.05) is 0 Å². The molecule has 1 fully saturated rings. The van der Waals surface area contributed by atoms with Gasteiger partial charge in [0.2, 0.25) is 5.91 Å². The Labute approximate surface area is 135 Å². The first kappa shape index (κ1) is 15.6. The number of rotatable bonds is 5. The van der Waals surface area contributed by atoms with Gasteiger partial charge in [0.05, 0.1) is 19.3 Å². The molecule has 8 nitrogen and oxygen atoms in total. The second-order valence-electron chi connectivity index (χ2n) is 5.13. The summed E-state index contributed by atoms with van der Waals surface area (Å²) in [5, 5.41) is 20.6. The Hall–Kier alpha value is -2.26. The van der Waals surface area contributed by atoms with Crippen LogP contribution in [-0.4, -0.2) is 56.7 Å². The zero-order valence-corrected chi connectivity index (χ0v) is 12.7. The number of aliphatic hydroxyl groups excluding tert-OH is 1. The number of aliphatic hydroxyl groups is 1. The van der Waals surface area contributed by atoms with Gasteiger partial charge in [-0.2, -0.15) is 0 Å². The number of hydrogen-bond donors (Lipinski definition) is 3. The maximum absolute atomic E-state index is 12.2. The Bertz CT molecular complexity index is 683. The van der Waals surface area contributed by atoms with Crippen molar-refractivity contribution in [3.05, 3.63) is 35.4 Å². The zero-order valence-electron chi connectivity index (χ0n) is 11.9. The Morgan fingerprint density at radius 1 is 1.48 bits per heavy atom. The Balaban J connectivity index is 1.69. The van der Waals surface area contributed by atoms with Gasteiger partial charge in [-0.05, 0) is 17.7 Å². The summed E-state index contributed by atoms with van der Waals surface area (Å²) in [7, 11) is 0. The van der Waals surface area contributed by atoms with Gasteiger partial charge in [0.15, 0.2) is 0 Å². The number of nitrogens with one attached hydrogen (secondary N) is 1. The van der Waals surface area contributed by atoms with E-state index >= 15 is 0 Å². The van der Waals surface area contributed by atoms with Crippen LogP contribution in [0.4, 0.5) is 0 Å². The Morgan fingerprint density at radius 3 is 2.87 bits per heavy atom. The Morgan fingerprint density at radius 2 is 2.26 bits per heavy atom. The van der Waals surface area contributed by atoms with E-state index < -0.39 is 29.9 Å². The van der Waals surface area contributed by atoms with Crippen molar-refractivity contribution in [2.24, 2.45) is 0 Å². The second-order valence-corrected chi connectivity index (χ2v) is 6.23. The number of fused-ring (bicyclic) bond motifs is 1. The fourth-order valence-electron chi connectivity index (χ4n) is 2.60. The highest BCUT2D eigenvalue weighted by Gasteiger charge is 2.54. The molecule has 0 aliphatic carbocycles. The molecule has 2 amide bonds. The number of carboxylic acid groups (broad SMARTS) is 1. The monoisotopic (exact) mass is 338 g/mol. The molecule has 3 heterocycles. The number of hydrogen-bond acceptors (Lipinski definition) is 6. The topological polar surface area (TPSA) is 120 Å². The number of β-lactam (4-membered cyclic amide) rings is 1. The van der Waals surface area contributed by atoms with Crippen LogP contribution in [0.1, 0.15) is 5.76 Å². The lowest BCUT2D eigenvalue weighted by atomic mass is 10.0. The number of carbonyl (C=O) groups excluding carboxylic acids is 2. The van der Waals surface area contributed by atoms with Crippen LogP contribution in [0.15, 0.2) is 34.1 Å². The molecule has 0 aromatic carbocycles. The molecule has 2 aliphatic rings. The van der Waals surface area contributed by atoms with Crippen molar-refractivity contribution in [1.82, 2.24) is 10.2 Å². The van der Waals surface area contributed by atoms with Crippen LogP contribution in [0.3, 0.4) is 0 Å². The maximum atomic E-state index is 12.2. The molecule has 23 heavy (non-hydrogen) atoms. The molecule has 3 rings (SSSR count). The highest BCUT2D eigenvalue weighted by atomic mass is 32.2. The molecule has 0 saturated carbocycles. The van der Waals surface area contributed by atoms with Crippen molar-refractivity contribution < 1.29 is 29.0 Å². The van der Waals surface area contributed by atoms with Crippen molar-refractivity contribution in [3.63, 3.8) is 0 Å². The van der Waals surface area contributed by atoms with E-state index in [4.69, 9.17) is 4.42 Å². The molecule has 122 valence electrons. The molecule has 2 atom stereocenters. The predicted octanol–water partition coefficient (Wildman–Crippen LogP) is -0.447. The first-order valence-electron chi connectivity index (χ1n) is 6.85. The van der Waals surface area contributed by atoms with Gasteiger partial charge in [0.1, 0.15) is 22.9 Å². The van der Waals surface area contributed by atoms with Crippen molar-refractivity contribution in [2.45, 2.75) is 17.8 Å². The smallest absolute Gasteiger partial charge is 0.352 e. The molecule has 1 aromatic heterocycles. The summed E-state index contributed by atoms with van der Waals surface area (Å²) >= 11 is 1.31. The van der Waals surface area contributed by atoms with E-state index in [-0.39, 0.29) is 18.0 Å². The van der Waals surface area contributed by atoms with Gasteiger partial charge in [0, 0.05) is 5.75 Å². The number of carboxylic acids is 1. The fourth-order valence-corrected chi connectivity index (χ4v) is 3.94. The van der Waals surface area contributed by atoms with Crippen molar-refractivity contribution >= 4 is 29.5 Å².